The molecule has 0 aliphatic heterocycles. The molecule has 112 valence electrons. The van der Waals surface area contributed by atoms with E-state index in [1.54, 1.807) is 17.1 Å². The highest BCUT2D eigenvalue weighted by Gasteiger charge is 2.21. The summed E-state index contributed by atoms with van der Waals surface area (Å²) in [6.45, 7) is 4.69. The van der Waals surface area contributed by atoms with Crippen molar-refractivity contribution in [2.75, 3.05) is 6.54 Å². The number of carboxylic acids is 1. The quantitative estimate of drug-likeness (QED) is 0.774. The van der Waals surface area contributed by atoms with Crippen LogP contribution in [0.15, 0.2) is 12.4 Å². The third-order valence-corrected chi connectivity index (χ3v) is 2.87. The maximum Gasteiger partial charge on any atom is 0.358 e. The first-order valence-electron chi connectivity index (χ1n) is 6.47. The minimum absolute atomic E-state index is 0.131. The van der Waals surface area contributed by atoms with Crippen LogP contribution in [0.1, 0.15) is 24.3 Å². The Balaban J connectivity index is 2.33. The minimum atomic E-state index is -1.15. The van der Waals surface area contributed by atoms with Crippen molar-refractivity contribution >= 4 is 11.9 Å². The molecule has 9 nitrogen and oxygen atoms in total. The summed E-state index contributed by atoms with van der Waals surface area (Å²) in [5.74, 6) is -1.31. The van der Waals surface area contributed by atoms with E-state index in [1.165, 1.54) is 11.6 Å². The van der Waals surface area contributed by atoms with Crippen molar-refractivity contribution in [1.82, 2.24) is 30.1 Å². The number of aromatic carboxylic acids is 1. The summed E-state index contributed by atoms with van der Waals surface area (Å²) < 4.78 is 3.14. The molecule has 9 heteroatoms. The van der Waals surface area contributed by atoms with E-state index in [0.717, 1.165) is 0 Å². The fourth-order valence-corrected chi connectivity index (χ4v) is 1.90. The second kappa shape index (κ2) is 6.16. The standard InChI is InChI=1S/C12H16N6O3/c1-3-17-7-9(6-14-17)11-10(12(20)21)15-16-18(11)5-4-13-8(2)19/h6-7H,3-5H2,1-2H3,(H,13,19)(H,20,21). The van der Waals surface area contributed by atoms with E-state index in [-0.39, 0.29) is 11.6 Å². The van der Waals surface area contributed by atoms with Crippen molar-refractivity contribution < 1.29 is 14.7 Å². The Kier molecular flexibility index (Phi) is 4.31. The third kappa shape index (κ3) is 3.25. The normalized spacial score (nSPS) is 10.6. The van der Waals surface area contributed by atoms with Crippen LogP contribution in [0.25, 0.3) is 11.3 Å². The van der Waals surface area contributed by atoms with Gasteiger partial charge >= 0.3 is 5.97 Å². The molecule has 0 unspecified atom stereocenters. The molecule has 0 radical (unpaired) electrons. The summed E-state index contributed by atoms with van der Waals surface area (Å²) in [4.78, 5) is 22.1. The van der Waals surface area contributed by atoms with E-state index in [1.807, 2.05) is 6.92 Å². The van der Waals surface area contributed by atoms with Crippen molar-refractivity contribution in [2.45, 2.75) is 26.9 Å². The van der Waals surface area contributed by atoms with Gasteiger partial charge in [0.1, 0.15) is 5.69 Å². The maximum atomic E-state index is 11.3. The van der Waals surface area contributed by atoms with E-state index >= 15 is 0 Å². The summed E-state index contributed by atoms with van der Waals surface area (Å²) in [5, 5.41) is 23.5. The smallest absolute Gasteiger partial charge is 0.358 e. The third-order valence-electron chi connectivity index (χ3n) is 2.87. The van der Waals surface area contributed by atoms with E-state index in [4.69, 9.17) is 0 Å². The van der Waals surface area contributed by atoms with E-state index in [2.05, 4.69) is 20.7 Å². The number of carbonyl (C=O) groups is 2. The van der Waals surface area contributed by atoms with Gasteiger partial charge in [-0.1, -0.05) is 5.21 Å². The zero-order valence-electron chi connectivity index (χ0n) is 11.8. The molecule has 0 saturated carbocycles. The first-order chi connectivity index (χ1) is 10.0. The molecule has 0 fully saturated rings. The highest BCUT2D eigenvalue weighted by Crippen LogP contribution is 2.21. The zero-order chi connectivity index (χ0) is 15.4. The Morgan fingerprint density at radius 1 is 1.43 bits per heavy atom. The average Bonchev–Trinajstić information content (AvgIpc) is 3.03. The first-order valence-corrected chi connectivity index (χ1v) is 6.47. The molecule has 2 aromatic heterocycles. The number of aryl methyl sites for hydroxylation is 1. The number of rotatable bonds is 6. The number of carboxylic acid groups (broad SMARTS) is 1. The minimum Gasteiger partial charge on any atom is -0.476 e. The van der Waals surface area contributed by atoms with Crippen molar-refractivity contribution in [2.24, 2.45) is 0 Å². The topological polar surface area (TPSA) is 115 Å². The van der Waals surface area contributed by atoms with Crippen LogP contribution in [0.4, 0.5) is 0 Å². The van der Waals surface area contributed by atoms with Crippen LogP contribution in [0, 0.1) is 0 Å². The number of hydrogen-bond acceptors (Lipinski definition) is 5. The average molecular weight is 292 g/mol. The van der Waals surface area contributed by atoms with Crippen molar-refractivity contribution in [3.05, 3.63) is 18.1 Å². The largest absolute Gasteiger partial charge is 0.476 e. The molecule has 0 aliphatic carbocycles. The summed E-state index contributed by atoms with van der Waals surface area (Å²) in [7, 11) is 0. The van der Waals surface area contributed by atoms with Gasteiger partial charge < -0.3 is 10.4 Å². The number of hydrogen-bond donors (Lipinski definition) is 2. The fourth-order valence-electron chi connectivity index (χ4n) is 1.90. The predicted octanol–water partition coefficient (Wildman–Crippen LogP) is -0.00420. The van der Waals surface area contributed by atoms with Crippen LogP contribution in [0.5, 0.6) is 0 Å². The molecule has 2 N–H and O–H groups in total. The van der Waals surface area contributed by atoms with Crippen LogP contribution in [0.3, 0.4) is 0 Å². The second-order valence-corrected chi connectivity index (χ2v) is 4.38. The molecule has 0 aromatic carbocycles. The molecular weight excluding hydrogens is 276 g/mol. The molecule has 2 rings (SSSR count). The summed E-state index contributed by atoms with van der Waals surface area (Å²) >= 11 is 0. The van der Waals surface area contributed by atoms with Gasteiger partial charge in [-0.15, -0.1) is 5.10 Å². The van der Waals surface area contributed by atoms with Crippen LogP contribution in [-0.4, -0.2) is 48.3 Å². The Labute approximate surface area is 120 Å². The Morgan fingerprint density at radius 2 is 2.19 bits per heavy atom. The number of nitrogens with zero attached hydrogens (tertiary/aromatic N) is 5. The highest BCUT2D eigenvalue weighted by atomic mass is 16.4. The lowest BCUT2D eigenvalue weighted by Crippen LogP contribution is -2.25. The van der Waals surface area contributed by atoms with Crippen molar-refractivity contribution in [1.29, 1.82) is 0 Å². The predicted molar refractivity (Wildman–Crippen MR) is 72.6 cm³/mol. The molecule has 21 heavy (non-hydrogen) atoms. The van der Waals surface area contributed by atoms with Gasteiger partial charge in [-0.3, -0.25) is 9.48 Å². The lowest BCUT2D eigenvalue weighted by molar-refractivity contribution is -0.119. The van der Waals surface area contributed by atoms with Gasteiger partial charge in [0.25, 0.3) is 0 Å². The maximum absolute atomic E-state index is 11.3. The van der Waals surface area contributed by atoms with Gasteiger partial charge in [-0.05, 0) is 6.92 Å². The fraction of sp³-hybridized carbons (Fsp3) is 0.417. The molecule has 0 atom stereocenters. The molecular formula is C12H16N6O3. The van der Waals surface area contributed by atoms with Crippen LogP contribution >= 0.6 is 0 Å². The summed E-state index contributed by atoms with van der Waals surface area (Å²) in [6.07, 6.45) is 3.31. The lowest BCUT2D eigenvalue weighted by Gasteiger charge is -2.05. The molecule has 1 amide bonds. The Hall–Kier alpha value is -2.71. The van der Waals surface area contributed by atoms with Crippen molar-refractivity contribution in [3.8, 4) is 11.3 Å². The molecule has 0 bridgehead atoms. The van der Waals surface area contributed by atoms with E-state index in [9.17, 15) is 14.7 Å². The first kappa shape index (κ1) is 14.7. The van der Waals surface area contributed by atoms with E-state index in [0.29, 0.717) is 30.9 Å². The molecule has 2 heterocycles. The lowest BCUT2D eigenvalue weighted by atomic mass is 10.2. The van der Waals surface area contributed by atoms with Gasteiger partial charge in [0.05, 0.1) is 12.7 Å². The second-order valence-electron chi connectivity index (χ2n) is 4.38. The van der Waals surface area contributed by atoms with Gasteiger partial charge in [-0.2, -0.15) is 5.10 Å². The molecule has 0 spiro atoms. The highest BCUT2D eigenvalue weighted by molar-refractivity contribution is 5.92. The molecule has 0 aliphatic rings. The molecule has 2 aromatic rings. The van der Waals surface area contributed by atoms with Gasteiger partial charge in [0, 0.05) is 31.8 Å². The SMILES string of the molecule is CCn1cc(-c2c(C(=O)O)nnn2CCNC(C)=O)cn1. The zero-order valence-corrected chi connectivity index (χ0v) is 11.8. The monoisotopic (exact) mass is 292 g/mol. The Bertz CT molecular complexity index is 660. The number of aromatic nitrogens is 5. The Morgan fingerprint density at radius 3 is 2.76 bits per heavy atom. The summed E-state index contributed by atoms with van der Waals surface area (Å²) in [5.41, 5.74) is 0.878. The van der Waals surface area contributed by atoms with Crippen molar-refractivity contribution in [3.63, 3.8) is 0 Å². The van der Waals surface area contributed by atoms with Gasteiger partial charge in [0.15, 0.2) is 5.69 Å². The van der Waals surface area contributed by atoms with Crippen LogP contribution in [0.2, 0.25) is 0 Å². The van der Waals surface area contributed by atoms with Crippen LogP contribution in [-0.2, 0) is 17.9 Å². The number of nitrogens with one attached hydrogen (secondary N) is 1. The molecule has 0 saturated heterocycles. The number of amides is 1. The van der Waals surface area contributed by atoms with Gasteiger partial charge in [-0.25, -0.2) is 9.48 Å². The summed E-state index contributed by atoms with van der Waals surface area (Å²) in [6, 6.07) is 0. The number of carbonyl (C=O) groups excluding carboxylic acids is 1. The van der Waals surface area contributed by atoms with E-state index < -0.39 is 5.97 Å². The van der Waals surface area contributed by atoms with Crippen LogP contribution < -0.4 is 5.32 Å². The van der Waals surface area contributed by atoms with Gasteiger partial charge in [0.2, 0.25) is 5.91 Å².